The van der Waals surface area contributed by atoms with Crippen LogP contribution in [0.25, 0.3) is 43.4 Å². The van der Waals surface area contributed by atoms with Crippen molar-refractivity contribution in [1.29, 1.82) is 0 Å². The lowest BCUT2D eigenvalue weighted by Crippen LogP contribution is -2.40. The second-order valence-electron chi connectivity index (χ2n) is 18.0. The van der Waals surface area contributed by atoms with Crippen molar-refractivity contribution in [3.05, 3.63) is 111 Å². The summed E-state index contributed by atoms with van der Waals surface area (Å²) in [5, 5.41) is 34.9. The molecule has 8 heterocycles. The summed E-state index contributed by atoms with van der Waals surface area (Å²) in [4.78, 5) is 117. The molecule has 0 aliphatic carbocycles. The summed E-state index contributed by atoms with van der Waals surface area (Å²) in [6, 6.07) is 10.3. The van der Waals surface area contributed by atoms with Crippen molar-refractivity contribution in [3.63, 3.8) is 0 Å². The van der Waals surface area contributed by atoms with Gasteiger partial charge in [0.25, 0.3) is 11.8 Å². The Morgan fingerprint density at radius 3 is 2.25 bits per heavy atom. The fourth-order valence-electron chi connectivity index (χ4n) is 8.19. The normalized spacial score (nSPS) is 16.6. The van der Waals surface area contributed by atoms with E-state index >= 15 is 0 Å². The second kappa shape index (κ2) is 25.3. The maximum Gasteiger partial charge on any atom is 0.412 e. The predicted octanol–water partition coefficient (Wildman–Crippen LogP) is 7.70. The number of fused-ring (bicyclic) bond motifs is 14. The number of nitrogens with two attached hydrogens (primary N) is 1. The van der Waals surface area contributed by atoms with Gasteiger partial charge in [-0.1, -0.05) is 44.2 Å². The number of rotatable bonds is 11. The van der Waals surface area contributed by atoms with E-state index in [2.05, 4.69) is 31.6 Å². The number of ether oxygens (including phenoxy) is 2. The van der Waals surface area contributed by atoms with E-state index in [9.17, 15) is 33.9 Å². The molecule has 8 aromatic rings. The number of Topliss-reactive ketones (excluding diaryl/α,β-unsaturated/α-hetero) is 1. The van der Waals surface area contributed by atoms with Crippen LogP contribution in [0.4, 0.5) is 10.6 Å². The average molecular weight is 1180 g/mol. The van der Waals surface area contributed by atoms with E-state index in [4.69, 9.17) is 45.1 Å². The number of hydrogen-bond acceptors (Lipinski definition) is 23. The number of amides is 5. The minimum atomic E-state index is -1.26. The van der Waals surface area contributed by atoms with Crippen molar-refractivity contribution < 1.29 is 43.3 Å². The molecule has 8 N–H and O–H groups in total. The molecular formula is C51H51N13O9S6. The largest absolute Gasteiger partial charge is 0.448 e. The fraction of sp³-hybridized carbons (Fsp3) is 0.314. The van der Waals surface area contributed by atoms with Crippen molar-refractivity contribution >= 4 is 109 Å². The van der Waals surface area contributed by atoms with E-state index in [-0.39, 0.29) is 73.1 Å². The van der Waals surface area contributed by atoms with Crippen LogP contribution in [0.15, 0.2) is 64.0 Å². The number of aryl methyl sites for hydroxylation is 1. The van der Waals surface area contributed by atoms with Crippen molar-refractivity contribution in [2.24, 2.45) is 11.7 Å². The highest BCUT2D eigenvalue weighted by molar-refractivity contribution is 7.15. The molecule has 9 rings (SSSR count). The van der Waals surface area contributed by atoms with Crippen molar-refractivity contribution in [1.82, 2.24) is 56.2 Å². The second-order valence-corrected chi connectivity index (χ2v) is 23.8. The highest BCUT2D eigenvalue weighted by atomic mass is 32.1. The van der Waals surface area contributed by atoms with Crippen LogP contribution in [0.3, 0.4) is 0 Å². The maximum atomic E-state index is 14.3. The lowest BCUT2D eigenvalue weighted by atomic mass is 9.90. The molecule has 7 aromatic heterocycles. The van der Waals surface area contributed by atoms with Crippen molar-refractivity contribution in [2.45, 2.75) is 64.3 Å². The first-order chi connectivity index (χ1) is 38.1. The molecule has 1 aromatic carbocycles. The summed E-state index contributed by atoms with van der Waals surface area (Å²) in [5.74, 6) is -2.91. The predicted molar refractivity (Wildman–Crippen MR) is 302 cm³/mol. The van der Waals surface area contributed by atoms with Crippen LogP contribution in [0.2, 0.25) is 0 Å². The Bertz CT molecular complexity index is 3530. The first kappa shape index (κ1) is 56.6. The molecule has 0 radical (unpaired) electrons. The maximum absolute atomic E-state index is 14.3. The topological polar surface area (TPSA) is 318 Å². The van der Waals surface area contributed by atoms with Gasteiger partial charge in [0.2, 0.25) is 11.8 Å². The number of pyridine rings is 1. The van der Waals surface area contributed by atoms with E-state index in [1.165, 1.54) is 82.2 Å². The van der Waals surface area contributed by atoms with Crippen LogP contribution in [-0.4, -0.2) is 109 Å². The van der Waals surface area contributed by atoms with Gasteiger partial charge in [-0.05, 0) is 30.5 Å². The highest BCUT2D eigenvalue weighted by Gasteiger charge is 2.33. The Morgan fingerprint density at radius 1 is 0.772 bits per heavy atom. The Hall–Kier alpha value is -7.15. The molecule has 79 heavy (non-hydrogen) atoms. The Kier molecular flexibility index (Phi) is 18.1. The van der Waals surface area contributed by atoms with Crippen LogP contribution >= 0.6 is 68.0 Å². The van der Waals surface area contributed by atoms with Crippen LogP contribution in [0.5, 0.6) is 0 Å². The fourth-order valence-corrected chi connectivity index (χ4v) is 13.8. The molecule has 0 spiro atoms. The molecule has 4 atom stereocenters. The Morgan fingerprint density at radius 2 is 1.49 bits per heavy atom. The van der Waals surface area contributed by atoms with Gasteiger partial charge in [0.05, 0.1) is 41.2 Å². The number of aliphatic hydroxyl groups is 1. The third kappa shape index (κ3) is 13.1. The van der Waals surface area contributed by atoms with Gasteiger partial charge in [0.1, 0.15) is 83.8 Å². The first-order valence-corrected chi connectivity index (χ1v) is 29.6. The number of methoxy groups -OCH3 is 1. The number of carbonyl (C=O) groups excluding carboxylic acids is 6. The van der Waals surface area contributed by atoms with Gasteiger partial charge in [0, 0.05) is 65.0 Å². The van der Waals surface area contributed by atoms with Crippen LogP contribution in [0.1, 0.15) is 113 Å². The van der Waals surface area contributed by atoms with Gasteiger partial charge in [-0.2, -0.15) is 0 Å². The molecule has 22 nitrogen and oxygen atoms in total. The quantitative estimate of drug-likeness (QED) is 0.0652. The number of nitrogens with one attached hydrogen (secondary N) is 5. The van der Waals surface area contributed by atoms with Crippen LogP contribution in [-0.2, 0) is 25.7 Å². The summed E-state index contributed by atoms with van der Waals surface area (Å²) in [6.07, 6.45) is -2.20. The number of benzene rings is 1. The SMILES string of the molecule is CNC(=O)C[C@@H]1NC(=O)c2csc(n2)-c2ccc(-c3nc(NC(=O)OCCN)cs3)nc2-c2csc(n2)-c2csc(n2)[C@H]([C@@H](O)c2ccccc2)NC(=O)CNC(=O)c2nc(sc2COC)[C@@H](C(C)C)CC(=O)c2nc1sc2C. The highest BCUT2D eigenvalue weighted by Crippen LogP contribution is 2.40. The monoisotopic (exact) mass is 1180 g/mol. The molecular weight excluding hydrogens is 1130 g/mol. The number of ketones is 1. The molecule has 10 bridgehead atoms. The molecule has 410 valence electrons. The third-order valence-corrected chi connectivity index (χ3v) is 18.0. The summed E-state index contributed by atoms with van der Waals surface area (Å²) in [7, 11) is 2.97. The Labute approximate surface area is 475 Å². The number of thiazole rings is 6. The summed E-state index contributed by atoms with van der Waals surface area (Å²) >= 11 is 7.30. The van der Waals surface area contributed by atoms with E-state index in [1.807, 2.05) is 13.8 Å². The molecule has 0 saturated carbocycles. The number of nitrogens with zero attached hydrogens (tertiary/aromatic N) is 7. The van der Waals surface area contributed by atoms with Gasteiger partial charge >= 0.3 is 6.09 Å². The molecule has 1 aliphatic rings. The summed E-state index contributed by atoms with van der Waals surface area (Å²) < 4.78 is 10.5. The number of anilines is 1. The summed E-state index contributed by atoms with van der Waals surface area (Å²) in [5.41, 5.74) is 8.42. The number of carbonyl (C=O) groups is 6. The molecule has 0 unspecified atom stereocenters. The van der Waals surface area contributed by atoms with Crippen molar-refractivity contribution in [2.75, 3.05) is 39.2 Å². The van der Waals surface area contributed by atoms with Gasteiger partial charge in [-0.3, -0.25) is 29.3 Å². The van der Waals surface area contributed by atoms with Crippen LogP contribution < -0.4 is 32.3 Å². The standard InChI is InChI=1S/C51H51N13O9S6/c1-23(2)27-15-33(65)38-24(3)78-49(63-38)29(16-36(66)53-4)56-43(69)31-20-74-45(58-31)26-11-12-28(47-60-35(22-77-47)61-51(71)73-14-13-52)55-39(26)30-19-75-48(57-30)32-21-76-50(59-32)41(42(68)25-9-7-6-8-10-25)62-37(67)17-54-44(70)40-34(18-72-5)79-46(27)64-40/h6-12,19-23,27,29,41-42,68H,13-18,52H2,1-5H3,(H,53,66)(H,54,70)(H,56,69)(H,61,71)(H,62,67)/t27-,29+,41+,42+/m1/s1. The zero-order valence-corrected chi connectivity index (χ0v) is 47.7. The Balaban J connectivity index is 1.13. The van der Waals surface area contributed by atoms with E-state index in [1.54, 1.807) is 70.9 Å². The first-order valence-electron chi connectivity index (χ1n) is 24.4. The van der Waals surface area contributed by atoms with Gasteiger partial charge in [0.15, 0.2) is 5.78 Å². The molecule has 0 saturated heterocycles. The average Bonchev–Trinajstić information content (AvgIpc) is 4.35. The molecule has 1 aliphatic heterocycles. The van der Waals surface area contributed by atoms with E-state index in [0.717, 1.165) is 0 Å². The van der Waals surface area contributed by atoms with Gasteiger partial charge in [-0.25, -0.2) is 39.7 Å². The van der Waals surface area contributed by atoms with Crippen molar-refractivity contribution in [3.8, 4) is 43.4 Å². The smallest absolute Gasteiger partial charge is 0.412 e. The third-order valence-electron chi connectivity index (χ3n) is 12.2. The number of hydrogen-bond donors (Lipinski definition) is 7. The summed E-state index contributed by atoms with van der Waals surface area (Å²) in [6.45, 7) is 5.36. The van der Waals surface area contributed by atoms with Crippen LogP contribution in [0, 0.1) is 12.8 Å². The number of aliphatic hydroxyl groups excluding tert-OH is 1. The molecule has 28 heteroatoms. The van der Waals surface area contributed by atoms with E-state index in [0.29, 0.717) is 73.7 Å². The van der Waals surface area contributed by atoms with Gasteiger partial charge < -0.3 is 41.6 Å². The molecule has 5 amide bonds. The lowest BCUT2D eigenvalue weighted by Gasteiger charge is -2.23. The molecule has 0 fully saturated rings. The van der Waals surface area contributed by atoms with E-state index < -0.39 is 54.5 Å². The zero-order valence-electron chi connectivity index (χ0n) is 42.9. The zero-order chi connectivity index (χ0) is 55.9. The lowest BCUT2D eigenvalue weighted by molar-refractivity contribution is -0.122. The minimum Gasteiger partial charge on any atom is -0.448 e. The van der Waals surface area contributed by atoms with Gasteiger partial charge in [-0.15, -0.1) is 68.0 Å². The minimum absolute atomic E-state index is 0.0250. The number of aromatic nitrogens is 7.